The van der Waals surface area contributed by atoms with Gasteiger partial charge in [0.2, 0.25) is 0 Å². The maximum absolute atomic E-state index is 6.52. The monoisotopic (exact) mass is 412 g/mol. The lowest BCUT2D eigenvalue weighted by atomic mass is 9.83. The van der Waals surface area contributed by atoms with Gasteiger partial charge in [-0.05, 0) is 32.1 Å². The van der Waals surface area contributed by atoms with E-state index in [4.69, 9.17) is 92.8 Å². The predicted molar refractivity (Wildman–Crippen MR) is 85.7 cm³/mol. The van der Waals surface area contributed by atoms with E-state index in [-0.39, 0.29) is 0 Å². The quantitative estimate of drug-likeness (QED) is 0.449. The topological polar surface area (TPSA) is 0 Å². The largest absolute Gasteiger partial charge is 0.169 e. The summed E-state index contributed by atoms with van der Waals surface area (Å²) in [4.78, 5) is -1.61. The van der Waals surface area contributed by atoms with Gasteiger partial charge in [0.05, 0.1) is 10.3 Å². The van der Waals surface area contributed by atoms with E-state index in [1.165, 1.54) is 0 Å². The highest BCUT2D eigenvalue weighted by atomic mass is 35.5. The molecule has 0 aliphatic heterocycles. The molecule has 0 bridgehead atoms. The molecule has 2 atom stereocenters. The molecule has 0 spiro atoms. The van der Waals surface area contributed by atoms with Crippen LogP contribution in [0, 0.1) is 0 Å². The summed E-state index contributed by atoms with van der Waals surface area (Å²) in [5, 5.41) is -0.421. The van der Waals surface area contributed by atoms with Crippen molar-refractivity contribution in [1.29, 1.82) is 0 Å². The molecule has 0 heterocycles. The van der Waals surface area contributed by atoms with Gasteiger partial charge in [0.1, 0.15) is 4.84 Å². The minimum atomic E-state index is -1.45. The number of alkyl halides is 8. The summed E-state index contributed by atoms with van der Waals surface area (Å²) in [6, 6.07) is 0. The zero-order chi connectivity index (χ0) is 14.2. The molecule has 8 heteroatoms. The Kier molecular flexibility index (Phi) is 6.75. The summed E-state index contributed by atoms with van der Waals surface area (Å²) in [7, 11) is 0. The van der Waals surface area contributed by atoms with Crippen LogP contribution in [-0.4, -0.2) is 23.8 Å². The smallest absolute Gasteiger partial charge is 0.120 e. The number of rotatable bonds is 4. The van der Waals surface area contributed by atoms with E-state index in [0.29, 0.717) is 25.7 Å². The Morgan fingerprint density at radius 2 is 1.44 bits per heavy atom. The zero-order valence-corrected chi connectivity index (χ0v) is 15.3. The molecule has 0 nitrogen and oxygen atoms in total. The van der Waals surface area contributed by atoms with Crippen LogP contribution in [0.1, 0.15) is 32.1 Å². The summed E-state index contributed by atoms with van der Waals surface area (Å²) < 4.78 is -2.73. The van der Waals surface area contributed by atoms with E-state index >= 15 is 0 Å². The molecular formula is C10H12Cl8. The molecule has 1 aliphatic rings. The minimum Gasteiger partial charge on any atom is -0.120 e. The summed E-state index contributed by atoms with van der Waals surface area (Å²) in [6.45, 7) is 0. The fourth-order valence-corrected chi connectivity index (χ4v) is 4.06. The third kappa shape index (κ3) is 3.74. The Morgan fingerprint density at radius 1 is 0.889 bits per heavy atom. The molecule has 1 aliphatic carbocycles. The highest BCUT2D eigenvalue weighted by Gasteiger charge is 2.62. The lowest BCUT2D eigenvalue weighted by Gasteiger charge is -2.49. The molecule has 0 aromatic heterocycles. The van der Waals surface area contributed by atoms with Gasteiger partial charge in [0, 0.05) is 0 Å². The van der Waals surface area contributed by atoms with E-state index in [1.54, 1.807) is 0 Å². The molecule has 1 rings (SSSR count). The third-order valence-electron chi connectivity index (χ3n) is 3.18. The van der Waals surface area contributed by atoms with E-state index in [0.717, 1.165) is 6.42 Å². The van der Waals surface area contributed by atoms with Gasteiger partial charge in [0.15, 0.2) is 8.67 Å². The van der Waals surface area contributed by atoms with Crippen LogP contribution in [0.5, 0.6) is 0 Å². The fourth-order valence-electron chi connectivity index (χ4n) is 2.01. The third-order valence-corrected chi connectivity index (χ3v) is 8.07. The van der Waals surface area contributed by atoms with Crippen LogP contribution in [-0.2, 0) is 0 Å². The molecule has 0 saturated heterocycles. The standard InChI is InChI=1S/C10H12Cl8/c11-6(7(12)13)2-5-8(14)3-1-4-9(15,16)10(8,17)18/h6-7H,1-5H2. The molecule has 18 heavy (non-hydrogen) atoms. The first-order valence-corrected chi connectivity index (χ1v) is 8.60. The first-order chi connectivity index (χ1) is 8.03. The SMILES string of the molecule is ClC(Cl)C(Cl)CCC1(Cl)CCCC(Cl)(Cl)C1(Cl)Cl. The summed E-state index contributed by atoms with van der Waals surface area (Å²) >= 11 is 48.8. The van der Waals surface area contributed by atoms with Crippen LogP contribution in [0.2, 0.25) is 0 Å². The van der Waals surface area contributed by atoms with Gasteiger partial charge in [-0.25, -0.2) is 0 Å². The Balaban J connectivity index is 2.78. The lowest BCUT2D eigenvalue weighted by molar-refractivity contribution is 0.327. The van der Waals surface area contributed by atoms with Crippen molar-refractivity contribution in [2.45, 2.75) is 55.9 Å². The first kappa shape index (κ1) is 18.4. The van der Waals surface area contributed by atoms with Crippen LogP contribution in [0.25, 0.3) is 0 Å². The highest BCUT2D eigenvalue weighted by Crippen LogP contribution is 2.61. The van der Waals surface area contributed by atoms with Gasteiger partial charge >= 0.3 is 0 Å². The van der Waals surface area contributed by atoms with Gasteiger partial charge in [-0.3, -0.25) is 0 Å². The van der Waals surface area contributed by atoms with Gasteiger partial charge in [-0.2, -0.15) is 0 Å². The number of halogens is 8. The maximum atomic E-state index is 6.52. The Morgan fingerprint density at radius 3 is 1.94 bits per heavy atom. The molecule has 1 saturated carbocycles. The highest BCUT2D eigenvalue weighted by molar-refractivity contribution is 6.65. The van der Waals surface area contributed by atoms with Crippen molar-refractivity contribution in [1.82, 2.24) is 0 Å². The Bertz CT molecular complexity index is 290. The van der Waals surface area contributed by atoms with Crippen molar-refractivity contribution >= 4 is 92.8 Å². The molecule has 0 aromatic rings. The van der Waals surface area contributed by atoms with Gasteiger partial charge < -0.3 is 0 Å². The number of hydrogen-bond acceptors (Lipinski definition) is 0. The summed E-state index contributed by atoms with van der Waals surface area (Å²) in [5.74, 6) is 0. The second-order valence-electron chi connectivity index (χ2n) is 4.49. The molecule has 0 amide bonds. The summed E-state index contributed by atoms with van der Waals surface area (Å²) in [6.07, 6.45) is 2.77. The van der Waals surface area contributed by atoms with E-state index in [2.05, 4.69) is 0 Å². The fraction of sp³-hybridized carbons (Fsp3) is 1.00. The predicted octanol–water partition coefficient (Wildman–Crippen LogP) is 6.69. The van der Waals surface area contributed by atoms with Crippen molar-refractivity contribution in [3.05, 3.63) is 0 Å². The average Bonchev–Trinajstić information content (AvgIpc) is 2.23. The average molecular weight is 416 g/mol. The van der Waals surface area contributed by atoms with E-state index < -0.39 is 23.8 Å². The minimum absolute atomic E-state index is 0.421. The number of hydrogen-bond donors (Lipinski definition) is 0. The van der Waals surface area contributed by atoms with Crippen LogP contribution in [0.15, 0.2) is 0 Å². The van der Waals surface area contributed by atoms with E-state index in [1.807, 2.05) is 0 Å². The second kappa shape index (κ2) is 6.61. The first-order valence-electron chi connectivity index (χ1n) is 5.40. The van der Waals surface area contributed by atoms with Gasteiger partial charge in [0.25, 0.3) is 0 Å². The Hall–Kier alpha value is 2.32. The zero-order valence-electron chi connectivity index (χ0n) is 9.21. The second-order valence-corrected chi connectivity index (χ2v) is 9.75. The molecule has 108 valence electrons. The van der Waals surface area contributed by atoms with Crippen molar-refractivity contribution < 1.29 is 0 Å². The van der Waals surface area contributed by atoms with Crippen LogP contribution in [0.3, 0.4) is 0 Å². The van der Waals surface area contributed by atoms with Crippen LogP contribution < -0.4 is 0 Å². The van der Waals surface area contributed by atoms with Crippen molar-refractivity contribution in [2.24, 2.45) is 0 Å². The molecular weight excluding hydrogens is 404 g/mol. The molecule has 1 fully saturated rings. The molecule has 0 N–H and O–H groups in total. The van der Waals surface area contributed by atoms with Crippen molar-refractivity contribution in [3.8, 4) is 0 Å². The lowest BCUT2D eigenvalue weighted by Crippen LogP contribution is -2.56. The molecule has 0 radical (unpaired) electrons. The van der Waals surface area contributed by atoms with Gasteiger partial charge in [-0.15, -0.1) is 46.4 Å². The normalized spacial score (nSPS) is 32.5. The van der Waals surface area contributed by atoms with Crippen molar-refractivity contribution in [2.75, 3.05) is 0 Å². The maximum Gasteiger partial charge on any atom is 0.169 e. The Labute approximate surface area is 147 Å². The van der Waals surface area contributed by atoms with Crippen LogP contribution >= 0.6 is 92.8 Å². The molecule has 0 aromatic carbocycles. The van der Waals surface area contributed by atoms with Gasteiger partial charge in [-0.1, -0.05) is 46.4 Å². The van der Waals surface area contributed by atoms with Crippen molar-refractivity contribution in [3.63, 3.8) is 0 Å². The van der Waals surface area contributed by atoms with E-state index in [9.17, 15) is 0 Å². The molecule has 2 unspecified atom stereocenters. The summed E-state index contributed by atoms with van der Waals surface area (Å²) in [5.41, 5.74) is 0. The van der Waals surface area contributed by atoms with Crippen LogP contribution in [0.4, 0.5) is 0 Å².